The molecule has 4 rings (SSSR count). The summed E-state index contributed by atoms with van der Waals surface area (Å²) >= 11 is 3.47. The molecule has 2 amide bonds. The van der Waals surface area contributed by atoms with E-state index in [2.05, 4.69) is 31.5 Å². The Labute approximate surface area is 181 Å². The van der Waals surface area contributed by atoms with Gasteiger partial charge < -0.3 is 10.6 Å². The van der Waals surface area contributed by atoms with Gasteiger partial charge >= 0.3 is 0 Å². The van der Waals surface area contributed by atoms with Crippen molar-refractivity contribution < 1.29 is 9.59 Å². The number of fused-ring (bicyclic) bond motifs is 1. The minimum atomic E-state index is -0.268. The molecule has 2 aromatic heterocycles. The third kappa shape index (κ3) is 4.36. The number of aromatic nitrogens is 2. The van der Waals surface area contributed by atoms with Gasteiger partial charge in [0.05, 0.1) is 16.8 Å². The first kappa shape index (κ1) is 19.7. The predicted octanol–water partition coefficient (Wildman–Crippen LogP) is 5.27. The Hall–Kier alpha value is -3.58. The summed E-state index contributed by atoms with van der Waals surface area (Å²) < 4.78 is 0.857. The lowest BCUT2D eigenvalue weighted by molar-refractivity contribution is -0.114. The standard InChI is InChI=1S/C23H17BrN4O2/c1-14(29)26-17-3-2-4-18(12-17)27-23(30)20-13-22(15-7-9-25-10-8-15)28-21-6-5-16(24)11-19(20)21/h2-13H,1H3,(H,26,29)(H,27,30). The minimum Gasteiger partial charge on any atom is -0.326 e. The van der Waals surface area contributed by atoms with E-state index >= 15 is 0 Å². The third-order valence-corrected chi connectivity index (χ3v) is 4.93. The molecule has 0 aliphatic carbocycles. The zero-order valence-electron chi connectivity index (χ0n) is 16.0. The van der Waals surface area contributed by atoms with E-state index in [1.807, 2.05) is 30.3 Å². The van der Waals surface area contributed by atoms with Gasteiger partial charge in [0.15, 0.2) is 0 Å². The van der Waals surface area contributed by atoms with E-state index in [1.165, 1.54) is 6.92 Å². The first-order valence-corrected chi connectivity index (χ1v) is 9.98. The van der Waals surface area contributed by atoms with Crippen molar-refractivity contribution in [3.63, 3.8) is 0 Å². The fourth-order valence-electron chi connectivity index (χ4n) is 3.13. The van der Waals surface area contributed by atoms with Gasteiger partial charge in [-0.2, -0.15) is 0 Å². The Morgan fingerprint density at radius 2 is 1.63 bits per heavy atom. The molecule has 2 N–H and O–H groups in total. The molecule has 7 heteroatoms. The van der Waals surface area contributed by atoms with Crippen LogP contribution in [0.15, 0.2) is 77.5 Å². The molecule has 0 saturated heterocycles. The zero-order chi connectivity index (χ0) is 21.1. The van der Waals surface area contributed by atoms with E-state index in [0.29, 0.717) is 28.1 Å². The number of anilines is 2. The molecule has 0 spiro atoms. The van der Waals surface area contributed by atoms with Gasteiger partial charge in [0.1, 0.15) is 0 Å². The number of rotatable bonds is 4. The van der Waals surface area contributed by atoms with E-state index in [4.69, 9.17) is 4.98 Å². The third-order valence-electron chi connectivity index (χ3n) is 4.43. The molecule has 0 atom stereocenters. The summed E-state index contributed by atoms with van der Waals surface area (Å²) in [5, 5.41) is 6.36. The van der Waals surface area contributed by atoms with Crippen molar-refractivity contribution in [2.24, 2.45) is 0 Å². The molecular formula is C23H17BrN4O2. The maximum absolute atomic E-state index is 13.2. The molecule has 2 aromatic carbocycles. The topological polar surface area (TPSA) is 84.0 Å². The molecule has 0 unspecified atom stereocenters. The summed E-state index contributed by atoms with van der Waals surface area (Å²) in [7, 11) is 0. The largest absolute Gasteiger partial charge is 0.326 e. The number of hydrogen-bond acceptors (Lipinski definition) is 4. The van der Waals surface area contributed by atoms with Crippen LogP contribution >= 0.6 is 15.9 Å². The molecule has 0 aliphatic rings. The lowest BCUT2D eigenvalue weighted by Crippen LogP contribution is -2.13. The fraction of sp³-hybridized carbons (Fsp3) is 0.0435. The van der Waals surface area contributed by atoms with Crippen molar-refractivity contribution in [1.82, 2.24) is 9.97 Å². The van der Waals surface area contributed by atoms with Crippen molar-refractivity contribution in [3.8, 4) is 11.3 Å². The highest BCUT2D eigenvalue weighted by molar-refractivity contribution is 9.10. The number of carbonyl (C=O) groups excluding carboxylic acids is 2. The molecule has 0 aliphatic heterocycles. The quantitative estimate of drug-likeness (QED) is 0.434. The van der Waals surface area contributed by atoms with Crippen molar-refractivity contribution in [2.45, 2.75) is 6.92 Å². The molecule has 0 saturated carbocycles. The number of nitrogens with zero attached hydrogens (tertiary/aromatic N) is 2. The molecule has 148 valence electrons. The number of amides is 2. The molecule has 30 heavy (non-hydrogen) atoms. The molecule has 6 nitrogen and oxygen atoms in total. The number of carbonyl (C=O) groups is 2. The summed E-state index contributed by atoms with van der Waals surface area (Å²) in [6, 6.07) is 18.1. The van der Waals surface area contributed by atoms with Gasteiger partial charge in [-0.25, -0.2) is 4.98 Å². The van der Waals surface area contributed by atoms with Crippen LogP contribution in [-0.4, -0.2) is 21.8 Å². The van der Waals surface area contributed by atoms with E-state index in [1.54, 1.807) is 42.7 Å². The lowest BCUT2D eigenvalue weighted by atomic mass is 10.0. The van der Waals surface area contributed by atoms with Crippen molar-refractivity contribution in [1.29, 1.82) is 0 Å². The van der Waals surface area contributed by atoms with E-state index in [0.717, 1.165) is 15.4 Å². The molecule has 0 fully saturated rings. The molecule has 0 bridgehead atoms. The Bertz CT molecular complexity index is 1260. The second-order valence-electron chi connectivity index (χ2n) is 6.67. The maximum atomic E-state index is 13.2. The van der Waals surface area contributed by atoms with E-state index in [-0.39, 0.29) is 11.8 Å². The first-order chi connectivity index (χ1) is 14.5. The number of benzene rings is 2. The van der Waals surface area contributed by atoms with Gasteiger partial charge in [-0.1, -0.05) is 22.0 Å². The Balaban J connectivity index is 1.76. The average Bonchev–Trinajstić information content (AvgIpc) is 2.73. The highest BCUT2D eigenvalue weighted by Crippen LogP contribution is 2.28. The van der Waals surface area contributed by atoms with Crippen molar-refractivity contribution >= 4 is 50.0 Å². The number of pyridine rings is 2. The van der Waals surface area contributed by atoms with Crippen LogP contribution < -0.4 is 10.6 Å². The first-order valence-electron chi connectivity index (χ1n) is 9.19. The molecular weight excluding hydrogens is 444 g/mol. The van der Waals surface area contributed by atoms with Crippen LogP contribution in [-0.2, 0) is 4.79 Å². The number of nitrogens with one attached hydrogen (secondary N) is 2. The predicted molar refractivity (Wildman–Crippen MR) is 121 cm³/mol. The van der Waals surface area contributed by atoms with Crippen LogP contribution in [0.3, 0.4) is 0 Å². The van der Waals surface area contributed by atoms with Gasteiger partial charge in [-0.15, -0.1) is 0 Å². The van der Waals surface area contributed by atoms with Gasteiger partial charge in [-0.3, -0.25) is 14.6 Å². The number of halogens is 1. The summed E-state index contributed by atoms with van der Waals surface area (Å²) in [4.78, 5) is 33.3. The van der Waals surface area contributed by atoms with Crippen LogP contribution in [0.1, 0.15) is 17.3 Å². The van der Waals surface area contributed by atoms with Gasteiger partial charge in [0.2, 0.25) is 5.91 Å². The van der Waals surface area contributed by atoms with E-state index in [9.17, 15) is 9.59 Å². The normalized spacial score (nSPS) is 10.6. The monoisotopic (exact) mass is 460 g/mol. The SMILES string of the molecule is CC(=O)Nc1cccc(NC(=O)c2cc(-c3ccncc3)nc3ccc(Br)cc23)c1. The number of hydrogen-bond donors (Lipinski definition) is 2. The second kappa shape index (κ2) is 8.42. The summed E-state index contributed by atoms with van der Waals surface area (Å²) in [5.41, 5.74) is 3.96. The summed E-state index contributed by atoms with van der Waals surface area (Å²) in [6.45, 7) is 1.44. The highest BCUT2D eigenvalue weighted by Gasteiger charge is 2.15. The van der Waals surface area contributed by atoms with Crippen LogP contribution in [0, 0.1) is 0 Å². The smallest absolute Gasteiger partial charge is 0.256 e. The lowest BCUT2D eigenvalue weighted by Gasteiger charge is -2.12. The van der Waals surface area contributed by atoms with Gasteiger partial charge in [-0.05, 0) is 54.6 Å². The Morgan fingerprint density at radius 3 is 2.37 bits per heavy atom. The van der Waals surface area contributed by atoms with Crippen molar-refractivity contribution in [3.05, 3.63) is 83.1 Å². The van der Waals surface area contributed by atoms with Crippen LogP contribution in [0.2, 0.25) is 0 Å². The molecule has 0 radical (unpaired) electrons. The fourth-order valence-corrected chi connectivity index (χ4v) is 3.49. The zero-order valence-corrected chi connectivity index (χ0v) is 17.6. The average molecular weight is 461 g/mol. The Kier molecular flexibility index (Phi) is 5.54. The van der Waals surface area contributed by atoms with Crippen LogP contribution in [0.5, 0.6) is 0 Å². The highest BCUT2D eigenvalue weighted by atomic mass is 79.9. The summed E-state index contributed by atoms with van der Waals surface area (Å²) in [5.74, 6) is -0.443. The van der Waals surface area contributed by atoms with Gasteiger partial charge in [0, 0.05) is 46.1 Å². The van der Waals surface area contributed by atoms with Crippen molar-refractivity contribution in [2.75, 3.05) is 10.6 Å². The minimum absolute atomic E-state index is 0.176. The van der Waals surface area contributed by atoms with Crippen LogP contribution in [0.4, 0.5) is 11.4 Å². The maximum Gasteiger partial charge on any atom is 0.256 e. The van der Waals surface area contributed by atoms with E-state index < -0.39 is 0 Å². The summed E-state index contributed by atoms with van der Waals surface area (Å²) in [6.07, 6.45) is 3.38. The second-order valence-corrected chi connectivity index (χ2v) is 7.58. The molecule has 2 heterocycles. The Morgan fingerprint density at radius 1 is 0.900 bits per heavy atom. The molecule has 4 aromatic rings. The van der Waals surface area contributed by atoms with Crippen LogP contribution in [0.25, 0.3) is 22.2 Å². The van der Waals surface area contributed by atoms with Gasteiger partial charge in [0.25, 0.3) is 5.91 Å².